The van der Waals surface area contributed by atoms with Crippen molar-refractivity contribution in [3.8, 4) is 0 Å². The predicted octanol–water partition coefficient (Wildman–Crippen LogP) is 3.76. The molecule has 2 rings (SSSR count). The molecule has 0 saturated carbocycles. The number of aryl methyl sites for hydroxylation is 1. The van der Waals surface area contributed by atoms with Crippen LogP contribution in [0.25, 0.3) is 10.1 Å². The number of hydrogen-bond acceptors (Lipinski definition) is 2. The first-order chi connectivity index (χ1) is 6.76. The summed E-state index contributed by atoms with van der Waals surface area (Å²) in [5.41, 5.74) is 1.86. The molecule has 14 heavy (non-hydrogen) atoms. The highest BCUT2D eigenvalue weighted by atomic mass is 35.5. The van der Waals surface area contributed by atoms with Gasteiger partial charge in [-0.25, -0.2) is 0 Å². The molecule has 1 nitrogen and oxygen atoms in total. The zero-order valence-corrected chi connectivity index (χ0v) is 9.28. The molecule has 3 heteroatoms. The maximum Gasteiger partial charge on any atom is 0.150 e. The molecule has 2 aromatic rings. The Morgan fingerprint density at radius 3 is 2.93 bits per heavy atom. The van der Waals surface area contributed by atoms with E-state index in [4.69, 9.17) is 11.6 Å². The van der Waals surface area contributed by atoms with Crippen LogP contribution in [0.15, 0.2) is 18.2 Å². The van der Waals surface area contributed by atoms with Crippen molar-refractivity contribution in [2.75, 3.05) is 0 Å². The Bertz CT molecular complexity index is 487. The minimum Gasteiger partial charge on any atom is -0.298 e. The average Bonchev–Trinajstić information content (AvgIpc) is 2.52. The highest BCUT2D eigenvalue weighted by molar-refractivity contribution is 7.19. The van der Waals surface area contributed by atoms with Crippen molar-refractivity contribution in [1.82, 2.24) is 0 Å². The molecule has 1 aromatic heterocycles. The van der Waals surface area contributed by atoms with E-state index in [-0.39, 0.29) is 0 Å². The Hall–Kier alpha value is -0.860. The molecule has 1 aromatic carbocycles. The lowest BCUT2D eigenvalue weighted by Gasteiger charge is -1.95. The van der Waals surface area contributed by atoms with E-state index in [2.05, 4.69) is 6.92 Å². The van der Waals surface area contributed by atoms with Crippen molar-refractivity contribution < 1.29 is 4.79 Å². The fraction of sp³-hybridized carbons (Fsp3) is 0.182. The summed E-state index contributed by atoms with van der Waals surface area (Å²) in [6.07, 6.45) is 0.866. The van der Waals surface area contributed by atoms with Gasteiger partial charge in [0.15, 0.2) is 0 Å². The topological polar surface area (TPSA) is 17.1 Å². The summed E-state index contributed by atoms with van der Waals surface area (Å²) >= 11 is 7.59. The van der Waals surface area contributed by atoms with Gasteiger partial charge >= 0.3 is 0 Å². The molecule has 0 aliphatic carbocycles. The number of carbonyl (C=O) groups is 1. The van der Waals surface area contributed by atoms with Crippen molar-refractivity contribution >= 4 is 39.3 Å². The number of carbonyl (C=O) groups excluding carboxylic acids is 1. The van der Waals surface area contributed by atoms with Crippen molar-refractivity contribution in [3.05, 3.63) is 34.2 Å². The molecule has 72 valence electrons. The third-order valence-electron chi connectivity index (χ3n) is 2.29. The van der Waals surface area contributed by atoms with Crippen molar-refractivity contribution in [3.63, 3.8) is 0 Å². The van der Waals surface area contributed by atoms with E-state index in [0.29, 0.717) is 11.4 Å². The van der Waals surface area contributed by atoms with E-state index in [9.17, 15) is 4.79 Å². The molecule has 0 amide bonds. The molecule has 0 atom stereocenters. The minimum atomic E-state index is 0.508. The number of hydrogen-bond donors (Lipinski definition) is 0. The second kappa shape index (κ2) is 3.71. The van der Waals surface area contributed by atoms with Crippen LogP contribution in [-0.2, 0) is 5.88 Å². The van der Waals surface area contributed by atoms with Crippen LogP contribution in [0.5, 0.6) is 0 Å². The fourth-order valence-electron chi connectivity index (χ4n) is 1.53. The molecule has 0 unspecified atom stereocenters. The second-order valence-electron chi connectivity index (χ2n) is 3.14. The van der Waals surface area contributed by atoms with Crippen LogP contribution in [0, 0.1) is 6.92 Å². The summed E-state index contributed by atoms with van der Waals surface area (Å²) in [5.74, 6) is 0.508. The van der Waals surface area contributed by atoms with Gasteiger partial charge in [0.05, 0.1) is 0 Å². The number of halogens is 1. The van der Waals surface area contributed by atoms with Gasteiger partial charge in [-0.3, -0.25) is 4.79 Å². The lowest BCUT2D eigenvalue weighted by molar-refractivity contribution is 0.112. The molecule has 0 bridgehead atoms. The van der Waals surface area contributed by atoms with Crippen LogP contribution in [0.3, 0.4) is 0 Å². The smallest absolute Gasteiger partial charge is 0.150 e. The monoisotopic (exact) mass is 224 g/mol. The maximum absolute atomic E-state index is 10.6. The van der Waals surface area contributed by atoms with Crippen LogP contribution < -0.4 is 0 Å². The molecule has 0 fully saturated rings. The Morgan fingerprint density at radius 1 is 1.50 bits per heavy atom. The molecule has 0 aliphatic heterocycles. The average molecular weight is 225 g/mol. The van der Waals surface area contributed by atoms with Gasteiger partial charge in [-0.05, 0) is 30.0 Å². The minimum absolute atomic E-state index is 0.508. The van der Waals surface area contributed by atoms with Gasteiger partial charge in [-0.2, -0.15) is 0 Å². The fourth-order valence-corrected chi connectivity index (χ4v) is 3.01. The van der Waals surface area contributed by atoms with Crippen LogP contribution in [-0.4, -0.2) is 6.29 Å². The van der Waals surface area contributed by atoms with Crippen molar-refractivity contribution in [2.24, 2.45) is 0 Å². The number of aldehydes is 1. The Labute approximate surface area is 91.3 Å². The van der Waals surface area contributed by atoms with Crippen LogP contribution in [0.4, 0.5) is 0 Å². The normalized spacial score (nSPS) is 10.7. The van der Waals surface area contributed by atoms with Gasteiger partial charge in [0.2, 0.25) is 0 Å². The molecule has 0 saturated heterocycles. The highest BCUT2D eigenvalue weighted by Crippen LogP contribution is 2.32. The number of fused-ring (bicyclic) bond motifs is 1. The number of alkyl halides is 1. The molecule has 0 spiro atoms. The van der Waals surface area contributed by atoms with Gasteiger partial charge in [0, 0.05) is 21.0 Å². The number of thiophene rings is 1. The van der Waals surface area contributed by atoms with E-state index in [1.807, 2.05) is 18.2 Å². The first-order valence-corrected chi connectivity index (χ1v) is 5.64. The van der Waals surface area contributed by atoms with E-state index < -0.39 is 0 Å². The molecular formula is C11H9ClOS. The molecule has 0 aliphatic rings. The Balaban J connectivity index is 2.77. The summed E-state index contributed by atoms with van der Waals surface area (Å²) in [6, 6.07) is 5.72. The van der Waals surface area contributed by atoms with Crippen LogP contribution >= 0.6 is 22.9 Å². The first-order valence-electron chi connectivity index (χ1n) is 4.29. The van der Waals surface area contributed by atoms with E-state index in [0.717, 1.165) is 17.2 Å². The van der Waals surface area contributed by atoms with Gasteiger partial charge in [0.25, 0.3) is 0 Å². The predicted molar refractivity (Wildman–Crippen MR) is 61.5 cm³/mol. The number of benzene rings is 1. The summed E-state index contributed by atoms with van der Waals surface area (Å²) in [6.45, 7) is 2.06. The van der Waals surface area contributed by atoms with Crippen LogP contribution in [0.1, 0.15) is 20.8 Å². The summed E-state index contributed by atoms with van der Waals surface area (Å²) in [7, 11) is 0. The maximum atomic E-state index is 10.6. The molecule has 0 radical (unpaired) electrons. The van der Waals surface area contributed by atoms with Gasteiger partial charge in [-0.15, -0.1) is 22.9 Å². The Morgan fingerprint density at radius 2 is 2.29 bits per heavy atom. The lowest BCUT2D eigenvalue weighted by Crippen LogP contribution is -1.81. The van der Waals surface area contributed by atoms with E-state index >= 15 is 0 Å². The zero-order valence-electron chi connectivity index (χ0n) is 7.71. The number of rotatable bonds is 2. The highest BCUT2D eigenvalue weighted by Gasteiger charge is 2.07. The van der Waals surface area contributed by atoms with Gasteiger partial charge in [-0.1, -0.05) is 6.07 Å². The van der Waals surface area contributed by atoms with Gasteiger partial charge in [0.1, 0.15) is 6.29 Å². The molecule has 0 N–H and O–H groups in total. The van der Waals surface area contributed by atoms with Crippen molar-refractivity contribution in [2.45, 2.75) is 12.8 Å². The quantitative estimate of drug-likeness (QED) is 0.561. The first kappa shape index (κ1) is 9.69. The summed E-state index contributed by atoms with van der Waals surface area (Å²) in [5, 5.41) is 1.12. The second-order valence-corrected chi connectivity index (χ2v) is 4.67. The Kier molecular flexibility index (Phi) is 2.57. The standard InChI is InChI=1S/C11H9ClOS/c1-7-10(5-12)9-4-8(6-13)2-3-11(9)14-7/h2-4,6H,5H2,1H3. The summed E-state index contributed by atoms with van der Waals surface area (Å²) < 4.78 is 1.20. The van der Waals surface area contributed by atoms with E-state index in [1.54, 1.807) is 11.3 Å². The molecular weight excluding hydrogens is 216 g/mol. The van der Waals surface area contributed by atoms with Gasteiger partial charge < -0.3 is 0 Å². The van der Waals surface area contributed by atoms with Crippen LogP contribution in [0.2, 0.25) is 0 Å². The van der Waals surface area contributed by atoms with E-state index in [1.165, 1.54) is 9.58 Å². The van der Waals surface area contributed by atoms with Crippen molar-refractivity contribution in [1.29, 1.82) is 0 Å². The third kappa shape index (κ3) is 1.45. The third-order valence-corrected chi connectivity index (χ3v) is 3.68. The zero-order chi connectivity index (χ0) is 10.1. The summed E-state index contributed by atoms with van der Waals surface area (Å²) in [4.78, 5) is 11.9. The lowest BCUT2D eigenvalue weighted by atomic mass is 10.1. The molecule has 1 heterocycles. The largest absolute Gasteiger partial charge is 0.298 e. The SMILES string of the molecule is Cc1sc2ccc(C=O)cc2c1CCl.